The molecule has 4 N–H and O–H groups in total. The molecule has 0 spiro atoms. The van der Waals surface area contributed by atoms with Gasteiger partial charge in [-0.3, -0.25) is 0 Å². The van der Waals surface area contributed by atoms with Crippen LogP contribution in [0.4, 0.5) is 11.6 Å². The normalized spacial score (nSPS) is 31.6. The van der Waals surface area contributed by atoms with Gasteiger partial charge in [0.25, 0.3) is 0 Å². The van der Waals surface area contributed by atoms with Crippen molar-refractivity contribution in [3.63, 3.8) is 0 Å². The Morgan fingerprint density at radius 3 is 2.55 bits per heavy atom. The lowest BCUT2D eigenvalue weighted by Gasteiger charge is -2.22. The number of fused-ring (bicyclic) bond motifs is 2. The molecule has 1 aromatic heterocycles. The molecule has 108 valence electrons. The smallest absolute Gasteiger partial charge is 0.148 e. The van der Waals surface area contributed by atoms with Gasteiger partial charge < -0.3 is 15.5 Å². The number of nitrogen functional groups attached to an aromatic ring is 1. The van der Waals surface area contributed by atoms with E-state index >= 15 is 0 Å². The number of hydrogen-bond acceptors (Lipinski definition) is 6. The fourth-order valence-corrected chi connectivity index (χ4v) is 3.30. The summed E-state index contributed by atoms with van der Waals surface area (Å²) in [5.74, 6) is 8.65. The van der Waals surface area contributed by atoms with Crippen molar-refractivity contribution in [2.45, 2.75) is 63.2 Å². The van der Waals surface area contributed by atoms with E-state index in [4.69, 9.17) is 15.6 Å². The third-order valence-corrected chi connectivity index (χ3v) is 4.67. The highest BCUT2D eigenvalue weighted by atomic mass is 16.5. The number of aromatic nitrogens is 2. The van der Waals surface area contributed by atoms with Crippen LogP contribution >= 0.6 is 0 Å². The Kier molecular flexibility index (Phi) is 2.82. The predicted molar refractivity (Wildman–Crippen MR) is 76.5 cm³/mol. The van der Waals surface area contributed by atoms with Crippen molar-refractivity contribution < 1.29 is 4.74 Å². The average molecular weight is 275 g/mol. The minimum Gasteiger partial charge on any atom is -0.373 e. The summed E-state index contributed by atoms with van der Waals surface area (Å²) in [6.45, 7) is 2.00. The maximum absolute atomic E-state index is 5.90. The highest BCUT2D eigenvalue weighted by Crippen LogP contribution is 2.40. The Morgan fingerprint density at radius 1 is 1.15 bits per heavy atom. The highest BCUT2D eigenvalue weighted by Gasteiger charge is 2.41. The van der Waals surface area contributed by atoms with Crippen LogP contribution in [0.15, 0.2) is 0 Å². The van der Waals surface area contributed by atoms with Crippen LogP contribution in [0.1, 0.15) is 49.4 Å². The first-order valence-corrected chi connectivity index (χ1v) is 7.51. The molecule has 6 heteroatoms. The molecule has 6 nitrogen and oxygen atoms in total. The monoisotopic (exact) mass is 275 g/mol. The van der Waals surface area contributed by atoms with Crippen LogP contribution in [-0.2, 0) is 4.74 Å². The zero-order chi connectivity index (χ0) is 13.7. The van der Waals surface area contributed by atoms with Crippen LogP contribution < -0.4 is 16.6 Å². The lowest BCUT2D eigenvalue weighted by atomic mass is 9.95. The van der Waals surface area contributed by atoms with Crippen molar-refractivity contribution in [3.8, 4) is 0 Å². The zero-order valence-electron chi connectivity index (χ0n) is 11.7. The first-order valence-electron chi connectivity index (χ1n) is 7.51. The van der Waals surface area contributed by atoms with E-state index in [1.807, 2.05) is 6.92 Å². The molecule has 3 unspecified atom stereocenters. The lowest BCUT2D eigenvalue weighted by Crippen LogP contribution is -2.31. The van der Waals surface area contributed by atoms with Crippen molar-refractivity contribution in [2.24, 2.45) is 5.84 Å². The Morgan fingerprint density at radius 2 is 1.95 bits per heavy atom. The molecule has 3 aliphatic rings. The van der Waals surface area contributed by atoms with Gasteiger partial charge in [0.1, 0.15) is 17.5 Å². The van der Waals surface area contributed by atoms with Gasteiger partial charge in [0.2, 0.25) is 0 Å². The number of hydrogen-bond donors (Lipinski definition) is 3. The van der Waals surface area contributed by atoms with Gasteiger partial charge in [-0.1, -0.05) is 0 Å². The van der Waals surface area contributed by atoms with E-state index in [2.05, 4.69) is 15.7 Å². The number of nitrogens with zero attached hydrogens (tertiary/aromatic N) is 2. The Hall–Kier alpha value is -1.40. The molecule has 3 fully saturated rings. The minimum absolute atomic E-state index is 0.341. The molecule has 20 heavy (non-hydrogen) atoms. The van der Waals surface area contributed by atoms with E-state index in [9.17, 15) is 0 Å². The first-order chi connectivity index (χ1) is 9.74. The van der Waals surface area contributed by atoms with Crippen molar-refractivity contribution in [1.82, 2.24) is 9.97 Å². The SMILES string of the molecule is Cc1c(NN)nc(C2CC2)nc1NC1CC2CCC1O2. The van der Waals surface area contributed by atoms with Gasteiger partial charge in [0, 0.05) is 11.5 Å². The maximum Gasteiger partial charge on any atom is 0.148 e. The number of hydrazine groups is 1. The van der Waals surface area contributed by atoms with Crippen molar-refractivity contribution in [2.75, 3.05) is 10.7 Å². The second-order valence-corrected chi connectivity index (χ2v) is 6.18. The maximum atomic E-state index is 5.90. The molecule has 3 heterocycles. The molecule has 0 radical (unpaired) electrons. The van der Waals surface area contributed by atoms with Gasteiger partial charge in [0.15, 0.2) is 0 Å². The van der Waals surface area contributed by atoms with Crippen molar-refractivity contribution in [3.05, 3.63) is 11.4 Å². The van der Waals surface area contributed by atoms with Gasteiger partial charge in [-0.15, -0.1) is 0 Å². The van der Waals surface area contributed by atoms with Gasteiger partial charge in [-0.2, -0.15) is 0 Å². The van der Waals surface area contributed by atoms with E-state index in [0.717, 1.165) is 35.9 Å². The predicted octanol–water partition coefficient (Wildman–Crippen LogP) is 1.68. The second-order valence-electron chi connectivity index (χ2n) is 6.18. The van der Waals surface area contributed by atoms with E-state index in [1.54, 1.807) is 0 Å². The first kappa shape index (κ1) is 12.3. The Labute approximate surface area is 118 Å². The van der Waals surface area contributed by atoms with Crippen LogP contribution in [0.2, 0.25) is 0 Å². The molecule has 1 saturated carbocycles. The topological polar surface area (TPSA) is 85.1 Å². The van der Waals surface area contributed by atoms with E-state index in [-0.39, 0.29) is 0 Å². The number of ether oxygens (including phenoxy) is 1. The minimum atomic E-state index is 0.341. The molecular formula is C14H21N5O. The fourth-order valence-electron chi connectivity index (χ4n) is 3.30. The summed E-state index contributed by atoms with van der Waals surface area (Å²) in [4.78, 5) is 9.23. The summed E-state index contributed by atoms with van der Waals surface area (Å²) in [6, 6.07) is 0.375. The molecule has 3 atom stereocenters. The van der Waals surface area contributed by atoms with Crippen LogP contribution in [0.5, 0.6) is 0 Å². The number of nitrogens with two attached hydrogens (primary N) is 1. The number of nitrogens with one attached hydrogen (secondary N) is 2. The average Bonchev–Trinajstić information content (AvgIpc) is 3.11. The highest BCUT2D eigenvalue weighted by molar-refractivity contribution is 5.57. The van der Waals surface area contributed by atoms with Gasteiger partial charge in [-0.25, -0.2) is 15.8 Å². The standard InChI is InChI=1S/C14H21N5O/c1-7-12(16-10-6-9-4-5-11(10)20-9)17-14(8-2-3-8)18-13(7)19-15/h8-11H,2-6,15H2,1H3,(H2,16,17,18,19). The molecule has 2 saturated heterocycles. The van der Waals surface area contributed by atoms with Gasteiger partial charge in [-0.05, 0) is 39.0 Å². The summed E-state index contributed by atoms with van der Waals surface area (Å²) in [5, 5.41) is 3.57. The van der Waals surface area contributed by atoms with E-state index < -0.39 is 0 Å². The lowest BCUT2D eigenvalue weighted by molar-refractivity contribution is 0.102. The van der Waals surface area contributed by atoms with E-state index in [1.165, 1.54) is 19.3 Å². The largest absolute Gasteiger partial charge is 0.373 e. The van der Waals surface area contributed by atoms with Crippen LogP contribution in [0.3, 0.4) is 0 Å². The summed E-state index contributed by atoms with van der Waals surface area (Å²) >= 11 is 0. The van der Waals surface area contributed by atoms with Crippen LogP contribution in [-0.4, -0.2) is 28.2 Å². The molecule has 1 aromatic rings. The summed E-state index contributed by atoms with van der Waals surface area (Å²) < 4.78 is 5.90. The second kappa shape index (κ2) is 4.56. The number of anilines is 2. The summed E-state index contributed by atoms with van der Waals surface area (Å²) in [6.07, 6.45) is 6.59. The van der Waals surface area contributed by atoms with Crippen LogP contribution in [0.25, 0.3) is 0 Å². The van der Waals surface area contributed by atoms with Gasteiger partial charge in [0.05, 0.1) is 18.2 Å². The third kappa shape index (κ3) is 2.03. The van der Waals surface area contributed by atoms with E-state index in [0.29, 0.717) is 24.2 Å². The Bertz CT molecular complexity index is 531. The Balaban J connectivity index is 1.61. The molecule has 0 aromatic carbocycles. The zero-order valence-corrected chi connectivity index (χ0v) is 11.7. The van der Waals surface area contributed by atoms with Crippen molar-refractivity contribution >= 4 is 11.6 Å². The molecule has 2 bridgehead atoms. The molecule has 1 aliphatic carbocycles. The third-order valence-electron chi connectivity index (χ3n) is 4.67. The quantitative estimate of drug-likeness (QED) is 0.572. The fraction of sp³-hybridized carbons (Fsp3) is 0.714. The van der Waals surface area contributed by atoms with Gasteiger partial charge >= 0.3 is 0 Å². The molecular weight excluding hydrogens is 254 g/mol. The van der Waals surface area contributed by atoms with Crippen molar-refractivity contribution in [1.29, 1.82) is 0 Å². The molecule has 4 rings (SSSR count). The summed E-state index contributed by atoms with van der Waals surface area (Å²) in [5.41, 5.74) is 3.68. The van der Waals surface area contributed by atoms with Crippen LogP contribution in [0, 0.1) is 6.92 Å². The summed E-state index contributed by atoms with van der Waals surface area (Å²) in [7, 11) is 0. The molecule has 2 aliphatic heterocycles. The molecule has 0 amide bonds. The number of rotatable bonds is 4.